The number of carbonyl (C=O) groups is 1. The molecule has 0 spiro atoms. The van der Waals surface area contributed by atoms with Gasteiger partial charge >= 0.3 is 0 Å². The van der Waals surface area contributed by atoms with Crippen molar-refractivity contribution in [3.05, 3.63) is 52.2 Å². The number of hydrogen-bond donors (Lipinski definition) is 1. The summed E-state index contributed by atoms with van der Waals surface area (Å²) in [5, 5.41) is 4.78. The molecule has 0 radical (unpaired) electrons. The van der Waals surface area contributed by atoms with E-state index in [1.807, 2.05) is 55.9 Å². The smallest absolute Gasteiger partial charge is 0.265 e. The Morgan fingerprint density at radius 1 is 1.22 bits per heavy atom. The van der Waals surface area contributed by atoms with Crippen molar-refractivity contribution >= 4 is 22.9 Å². The second-order valence-electron chi connectivity index (χ2n) is 4.37. The predicted octanol–water partition coefficient (Wildman–Crippen LogP) is 3.06. The highest BCUT2D eigenvalue weighted by molar-refractivity contribution is 7.12. The van der Waals surface area contributed by atoms with Crippen LogP contribution in [0.15, 0.2) is 41.8 Å². The molecule has 4 heteroatoms. The largest absolute Gasteiger partial charge is 0.321 e. The van der Waals surface area contributed by atoms with E-state index < -0.39 is 0 Å². The summed E-state index contributed by atoms with van der Waals surface area (Å²) in [6.45, 7) is 0.902. The average Bonchev–Trinajstić information content (AvgIpc) is 2.84. The van der Waals surface area contributed by atoms with Gasteiger partial charge in [-0.25, -0.2) is 0 Å². The number of carbonyl (C=O) groups excluding carboxylic acids is 1. The third-order valence-corrected chi connectivity index (χ3v) is 3.32. The minimum Gasteiger partial charge on any atom is -0.321 e. The first-order chi connectivity index (χ1) is 8.65. The molecule has 18 heavy (non-hydrogen) atoms. The molecule has 0 atom stereocenters. The van der Waals surface area contributed by atoms with Crippen molar-refractivity contribution in [1.82, 2.24) is 4.90 Å². The second-order valence-corrected chi connectivity index (χ2v) is 5.31. The Balaban J connectivity index is 2.00. The summed E-state index contributed by atoms with van der Waals surface area (Å²) in [5.74, 6) is -0.0506. The number of nitrogens with zero attached hydrogens (tertiary/aromatic N) is 1. The van der Waals surface area contributed by atoms with Gasteiger partial charge in [-0.05, 0) is 43.2 Å². The van der Waals surface area contributed by atoms with Gasteiger partial charge in [0.2, 0.25) is 0 Å². The number of amides is 1. The van der Waals surface area contributed by atoms with Crippen LogP contribution in [0, 0.1) is 0 Å². The first-order valence-electron chi connectivity index (χ1n) is 5.73. The molecule has 0 aliphatic heterocycles. The molecule has 0 saturated carbocycles. The molecule has 1 N–H and O–H groups in total. The van der Waals surface area contributed by atoms with E-state index in [1.165, 1.54) is 16.9 Å². The van der Waals surface area contributed by atoms with Gasteiger partial charge in [0.05, 0.1) is 4.88 Å². The Bertz CT molecular complexity index is 503. The second kappa shape index (κ2) is 5.80. The normalized spacial score (nSPS) is 10.6. The molecule has 1 heterocycles. The van der Waals surface area contributed by atoms with Gasteiger partial charge in [0.1, 0.15) is 0 Å². The van der Waals surface area contributed by atoms with Crippen LogP contribution in [-0.4, -0.2) is 24.9 Å². The lowest BCUT2D eigenvalue weighted by atomic mass is 10.2. The highest BCUT2D eigenvalue weighted by Crippen LogP contribution is 2.14. The van der Waals surface area contributed by atoms with Crippen LogP contribution >= 0.6 is 11.3 Å². The Kier molecular flexibility index (Phi) is 4.12. The van der Waals surface area contributed by atoms with Crippen molar-refractivity contribution in [3.8, 4) is 0 Å². The summed E-state index contributed by atoms with van der Waals surface area (Å²) in [6, 6.07) is 11.6. The summed E-state index contributed by atoms with van der Waals surface area (Å²) < 4.78 is 0. The van der Waals surface area contributed by atoms with Crippen molar-refractivity contribution in [3.63, 3.8) is 0 Å². The minimum absolute atomic E-state index is 0.0506. The zero-order valence-corrected chi connectivity index (χ0v) is 11.3. The monoisotopic (exact) mass is 260 g/mol. The molecule has 1 aromatic heterocycles. The summed E-state index contributed by atoms with van der Waals surface area (Å²) in [5.41, 5.74) is 2.06. The van der Waals surface area contributed by atoms with E-state index in [9.17, 15) is 4.79 Å². The fraction of sp³-hybridized carbons (Fsp3) is 0.214. The zero-order chi connectivity index (χ0) is 13.0. The zero-order valence-electron chi connectivity index (χ0n) is 10.5. The van der Waals surface area contributed by atoms with Gasteiger partial charge in [-0.1, -0.05) is 18.2 Å². The molecule has 94 valence electrons. The molecule has 0 aliphatic carbocycles. The Morgan fingerprint density at radius 3 is 2.50 bits per heavy atom. The summed E-state index contributed by atoms with van der Waals surface area (Å²) >= 11 is 1.44. The Morgan fingerprint density at radius 2 is 1.94 bits per heavy atom. The van der Waals surface area contributed by atoms with E-state index in [2.05, 4.69) is 10.2 Å². The van der Waals surface area contributed by atoms with E-state index in [1.54, 1.807) is 0 Å². The highest BCUT2D eigenvalue weighted by atomic mass is 32.1. The van der Waals surface area contributed by atoms with Crippen molar-refractivity contribution in [2.24, 2.45) is 0 Å². The molecule has 0 bridgehead atoms. The van der Waals surface area contributed by atoms with E-state index in [0.717, 1.165) is 17.1 Å². The molecular formula is C14H16N2OS. The molecule has 2 rings (SSSR count). The maximum Gasteiger partial charge on any atom is 0.265 e. The Labute approximate surface area is 111 Å². The van der Waals surface area contributed by atoms with Gasteiger partial charge in [-0.3, -0.25) is 4.79 Å². The standard InChI is InChI=1S/C14H16N2OS/c1-16(2)10-11-5-7-12(8-6-11)15-14(17)13-4-3-9-18-13/h3-9H,10H2,1-2H3,(H,15,17). The lowest BCUT2D eigenvalue weighted by molar-refractivity contribution is 0.103. The van der Waals surface area contributed by atoms with Gasteiger partial charge in [0, 0.05) is 12.2 Å². The minimum atomic E-state index is -0.0506. The van der Waals surface area contributed by atoms with Crippen LogP contribution in [0.1, 0.15) is 15.2 Å². The number of hydrogen-bond acceptors (Lipinski definition) is 3. The maximum absolute atomic E-state index is 11.8. The molecule has 0 unspecified atom stereocenters. The van der Waals surface area contributed by atoms with Crippen LogP contribution in [-0.2, 0) is 6.54 Å². The van der Waals surface area contributed by atoms with Gasteiger partial charge in [-0.15, -0.1) is 11.3 Å². The number of thiophene rings is 1. The predicted molar refractivity (Wildman–Crippen MR) is 76.1 cm³/mol. The molecule has 2 aromatic rings. The van der Waals surface area contributed by atoms with Gasteiger partial charge in [0.15, 0.2) is 0 Å². The fourth-order valence-corrected chi connectivity index (χ4v) is 2.28. The topological polar surface area (TPSA) is 32.3 Å². The van der Waals surface area contributed by atoms with Crippen LogP contribution in [0.25, 0.3) is 0 Å². The van der Waals surface area contributed by atoms with E-state index in [0.29, 0.717) is 0 Å². The van der Waals surface area contributed by atoms with E-state index in [4.69, 9.17) is 0 Å². The number of nitrogens with one attached hydrogen (secondary N) is 1. The first-order valence-corrected chi connectivity index (χ1v) is 6.61. The van der Waals surface area contributed by atoms with Crippen molar-refractivity contribution < 1.29 is 4.79 Å². The van der Waals surface area contributed by atoms with Gasteiger partial charge in [0.25, 0.3) is 5.91 Å². The van der Waals surface area contributed by atoms with Gasteiger partial charge < -0.3 is 10.2 Å². The third kappa shape index (κ3) is 3.42. The summed E-state index contributed by atoms with van der Waals surface area (Å²) in [6.07, 6.45) is 0. The van der Waals surface area contributed by atoms with E-state index >= 15 is 0 Å². The van der Waals surface area contributed by atoms with Crippen LogP contribution in [0.3, 0.4) is 0 Å². The van der Waals surface area contributed by atoms with Gasteiger partial charge in [-0.2, -0.15) is 0 Å². The number of rotatable bonds is 4. The number of anilines is 1. The average molecular weight is 260 g/mol. The lowest BCUT2D eigenvalue weighted by Gasteiger charge is -2.10. The van der Waals surface area contributed by atoms with Crippen molar-refractivity contribution in [1.29, 1.82) is 0 Å². The summed E-state index contributed by atoms with van der Waals surface area (Å²) in [7, 11) is 4.07. The van der Waals surface area contributed by atoms with Crippen LogP contribution in [0.5, 0.6) is 0 Å². The quantitative estimate of drug-likeness (QED) is 0.916. The molecule has 0 aliphatic rings. The highest BCUT2D eigenvalue weighted by Gasteiger charge is 2.06. The third-order valence-electron chi connectivity index (χ3n) is 2.46. The number of benzene rings is 1. The SMILES string of the molecule is CN(C)Cc1ccc(NC(=O)c2cccs2)cc1. The van der Waals surface area contributed by atoms with Crippen LogP contribution in [0.4, 0.5) is 5.69 Å². The molecule has 1 amide bonds. The molecule has 3 nitrogen and oxygen atoms in total. The molecule has 1 aromatic carbocycles. The van der Waals surface area contributed by atoms with E-state index in [-0.39, 0.29) is 5.91 Å². The van der Waals surface area contributed by atoms with Crippen LogP contribution < -0.4 is 5.32 Å². The van der Waals surface area contributed by atoms with Crippen LogP contribution in [0.2, 0.25) is 0 Å². The van der Waals surface area contributed by atoms with Crippen molar-refractivity contribution in [2.75, 3.05) is 19.4 Å². The fourth-order valence-electron chi connectivity index (χ4n) is 1.66. The molecule has 0 fully saturated rings. The Hall–Kier alpha value is -1.65. The maximum atomic E-state index is 11.8. The molecule has 0 saturated heterocycles. The lowest BCUT2D eigenvalue weighted by Crippen LogP contribution is -2.12. The van der Waals surface area contributed by atoms with Crippen molar-refractivity contribution in [2.45, 2.75) is 6.54 Å². The summed E-state index contributed by atoms with van der Waals surface area (Å²) in [4.78, 5) is 14.7. The first kappa shape index (κ1) is 12.8. The molecular weight excluding hydrogens is 244 g/mol.